The van der Waals surface area contributed by atoms with Gasteiger partial charge in [0, 0.05) is 18.7 Å². The number of nitrogens with zero attached hydrogens (tertiary/aromatic N) is 2. The summed E-state index contributed by atoms with van der Waals surface area (Å²) in [6.45, 7) is 5.82. The molecule has 1 aromatic heterocycles. The lowest BCUT2D eigenvalue weighted by molar-refractivity contribution is -0.126. The number of hydrogen-bond donors (Lipinski definition) is 0. The smallest absolute Gasteiger partial charge is 0.176 e. The molecule has 0 spiro atoms. The van der Waals surface area contributed by atoms with Crippen molar-refractivity contribution >= 4 is 11.6 Å². The van der Waals surface area contributed by atoms with Gasteiger partial charge in [-0.15, -0.1) is 0 Å². The van der Waals surface area contributed by atoms with E-state index in [9.17, 15) is 9.59 Å². The third kappa shape index (κ3) is 2.00. The van der Waals surface area contributed by atoms with Gasteiger partial charge >= 0.3 is 0 Å². The van der Waals surface area contributed by atoms with Crippen LogP contribution < -0.4 is 0 Å². The Kier molecular flexibility index (Phi) is 3.13. The Labute approximate surface area is 107 Å². The Hall–Kier alpha value is -1.45. The fourth-order valence-electron chi connectivity index (χ4n) is 2.67. The molecule has 0 aliphatic heterocycles. The second-order valence-electron chi connectivity index (χ2n) is 5.72. The van der Waals surface area contributed by atoms with Crippen molar-refractivity contribution in [3.8, 4) is 0 Å². The summed E-state index contributed by atoms with van der Waals surface area (Å²) in [6, 6.07) is 0. The third-order valence-electron chi connectivity index (χ3n) is 3.86. The number of aromatic nitrogens is 2. The molecule has 18 heavy (non-hydrogen) atoms. The molecule has 1 aliphatic rings. The molecule has 2 rings (SSSR count). The van der Waals surface area contributed by atoms with Crippen molar-refractivity contribution in [3.63, 3.8) is 0 Å². The van der Waals surface area contributed by atoms with Crippen LogP contribution in [0.25, 0.3) is 0 Å². The molecular formula is C14H20N2O2. The molecule has 4 nitrogen and oxygen atoms in total. The van der Waals surface area contributed by atoms with E-state index in [1.807, 2.05) is 20.8 Å². The minimum atomic E-state index is -0.463. The summed E-state index contributed by atoms with van der Waals surface area (Å²) in [5.41, 5.74) is 1.06. The average molecular weight is 248 g/mol. The van der Waals surface area contributed by atoms with Crippen molar-refractivity contribution in [2.24, 2.45) is 18.4 Å². The fourth-order valence-corrected chi connectivity index (χ4v) is 2.67. The first kappa shape index (κ1) is 13.0. The Morgan fingerprint density at radius 2 is 2.22 bits per heavy atom. The number of aryl methyl sites for hydroxylation is 2. The van der Waals surface area contributed by atoms with Crippen LogP contribution >= 0.6 is 0 Å². The zero-order valence-electron chi connectivity index (χ0n) is 11.5. The summed E-state index contributed by atoms with van der Waals surface area (Å²) in [7, 11) is 1.80. The van der Waals surface area contributed by atoms with Gasteiger partial charge in [0.25, 0.3) is 0 Å². The Bertz CT molecular complexity index is 500. The van der Waals surface area contributed by atoms with Gasteiger partial charge < -0.3 is 0 Å². The molecule has 1 fully saturated rings. The second-order valence-corrected chi connectivity index (χ2v) is 5.72. The van der Waals surface area contributed by atoms with Gasteiger partial charge in [-0.3, -0.25) is 14.3 Å². The molecule has 1 atom stereocenters. The Balaban J connectivity index is 2.30. The van der Waals surface area contributed by atoms with E-state index < -0.39 is 5.92 Å². The van der Waals surface area contributed by atoms with Crippen LogP contribution in [0, 0.1) is 11.3 Å². The summed E-state index contributed by atoms with van der Waals surface area (Å²) < 4.78 is 1.65. The van der Waals surface area contributed by atoms with Crippen LogP contribution in [0.2, 0.25) is 0 Å². The Morgan fingerprint density at radius 3 is 2.72 bits per heavy atom. The zero-order chi connectivity index (χ0) is 13.5. The number of Topliss-reactive ketones (excluding diaryl/α,β-unsaturated/α-hetero) is 2. The highest BCUT2D eigenvalue weighted by atomic mass is 16.2. The normalized spacial score (nSPS) is 22.4. The zero-order valence-corrected chi connectivity index (χ0v) is 11.5. The molecule has 1 aliphatic carbocycles. The molecule has 0 amide bonds. The molecule has 1 aromatic rings. The number of rotatable bonds is 3. The summed E-state index contributed by atoms with van der Waals surface area (Å²) >= 11 is 0. The van der Waals surface area contributed by atoms with Crippen molar-refractivity contribution in [2.45, 2.75) is 40.0 Å². The largest absolute Gasteiger partial charge is 0.298 e. The first-order chi connectivity index (χ1) is 8.36. The predicted molar refractivity (Wildman–Crippen MR) is 68.4 cm³/mol. The van der Waals surface area contributed by atoms with Gasteiger partial charge in [0.05, 0.1) is 17.2 Å². The maximum absolute atomic E-state index is 12.5. The van der Waals surface area contributed by atoms with Gasteiger partial charge in [-0.25, -0.2) is 0 Å². The highest BCUT2D eigenvalue weighted by Gasteiger charge is 2.44. The lowest BCUT2D eigenvalue weighted by atomic mass is 9.86. The van der Waals surface area contributed by atoms with Crippen molar-refractivity contribution in [2.75, 3.05) is 0 Å². The molecule has 1 saturated carbocycles. The molecule has 0 aromatic carbocycles. The molecule has 0 N–H and O–H groups in total. The summed E-state index contributed by atoms with van der Waals surface area (Å²) in [5, 5.41) is 4.27. The summed E-state index contributed by atoms with van der Waals surface area (Å²) in [5.74, 6) is -0.427. The van der Waals surface area contributed by atoms with E-state index in [2.05, 4.69) is 5.10 Å². The molecule has 0 saturated heterocycles. The predicted octanol–water partition coefficient (Wildman–Crippen LogP) is 2.17. The van der Waals surface area contributed by atoms with Crippen molar-refractivity contribution in [1.82, 2.24) is 9.78 Å². The van der Waals surface area contributed by atoms with Gasteiger partial charge in [-0.05, 0) is 19.3 Å². The molecule has 98 valence electrons. The maximum Gasteiger partial charge on any atom is 0.176 e. The number of carbonyl (C=O) groups excluding carboxylic acids is 2. The third-order valence-corrected chi connectivity index (χ3v) is 3.86. The average Bonchev–Trinajstić information content (AvgIpc) is 2.80. The SMILES string of the molecule is CCc1nn(C)cc1C(=O)C1CCC(C)(C)C1=O. The van der Waals surface area contributed by atoms with Crippen LogP contribution in [-0.2, 0) is 18.3 Å². The molecular weight excluding hydrogens is 228 g/mol. The highest BCUT2D eigenvalue weighted by Crippen LogP contribution is 2.39. The number of hydrogen-bond acceptors (Lipinski definition) is 3. The first-order valence-electron chi connectivity index (χ1n) is 6.48. The molecule has 1 unspecified atom stereocenters. The van der Waals surface area contributed by atoms with Crippen LogP contribution in [0.3, 0.4) is 0 Å². The standard InChI is InChI=1S/C14H20N2O2/c1-5-11-10(8-16(4)15-11)12(17)9-6-7-14(2,3)13(9)18/h8-9H,5-7H2,1-4H3. The molecule has 0 bridgehead atoms. The van der Waals surface area contributed by atoms with E-state index in [1.165, 1.54) is 0 Å². The van der Waals surface area contributed by atoms with E-state index >= 15 is 0 Å². The molecule has 1 heterocycles. The van der Waals surface area contributed by atoms with Crippen LogP contribution in [0.15, 0.2) is 6.20 Å². The number of ketones is 2. The fraction of sp³-hybridized carbons (Fsp3) is 0.643. The van der Waals surface area contributed by atoms with Crippen LogP contribution in [0.1, 0.15) is 49.7 Å². The minimum Gasteiger partial charge on any atom is -0.298 e. The van der Waals surface area contributed by atoms with Gasteiger partial charge in [-0.1, -0.05) is 20.8 Å². The van der Waals surface area contributed by atoms with Crippen LogP contribution in [0.4, 0.5) is 0 Å². The molecule has 4 heteroatoms. The van der Waals surface area contributed by atoms with Crippen molar-refractivity contribution < 1.29 is 9.59 Å². The van der Waals surface area contributed by atoms with E-state index in [-0.39, 0.29) is 17.0 Å². The monoisotopic (exact) mass is 248 g/mol. The first-order valence-corrected chi connectivity index (χ1v) is 6.48. The van der Waals surface area contributed by atoms with E-state index in [4.69, 9.17) is 0 Å². The van der Waals surface area contributed by atoms with Crippen LogP contribution in [0.5, 0.6) is 0 Å². The summed E-state index contributed by atoms with van der Waals surface area (Å²) in [6.07, 6.45) is 3.92. The number of carbonyl (C=O) groups is 2. The van der Waals surface area contributed by atoms with Crippen LogP contribution in [-0.4, -0.2) is 21.3 Å². The summed E-state index contributed by atoms with van der Waals surface area (Å²) in [4.78, 5) is 24.7. The lowest BCUT2D eigenvalue weighted by Crippen LogP contribution is -2.27. The van der Waals surface area contributed by atoms with Gasteiger partial charge in [0.2, 0.25) is 0 Å². The van der Waals surface area contributed by atoms with Gasteiger partial charge in [0.1, 0.15) is 5.78 Å². The quantitative estimate of drug-likeness (QED) is 0.608. The second kappa shape index (κ2) is 4.34. The van der Waals surface area contributed by atoms with Gasteiger partial charge in [0.15, 0.2) is 5.78 Å². The van der Waals surface area contributed by atoms with E-state index in [1.54, 1.807) is 17.9 Å². The minimum absolute atomic E-state index is 0.0458. The van der Waals surface area contributed by atoms with Gasteiger partial charge in [-0.2, -0.15) is 5.10 Å². The van der Waals surface area contributed by atoms with Crippen molar-refractivity contribution in [1.29, 1.82) is 0 Å². The van der Waals surface area contributed by atoms with Crippen molar-refractivity contribution in [3.05, 3.63) is 17.5 Å². The molecule has 0 radical (unpaired) electrons. The highest BCUT2D eigenvalue weighted by molar-refractivity contribution is 6.13. The lowest BCUT2D eigenvalue weighted by Gasteiger charge is -2.15. The Morgan fingerprint density at radius 1 is 1.56 bits per heavy atom. The van der Waals surface area contributed by atoms with E-state index in [0.29, 0.717) is 18.4 Å². The topological polar surface area (TPSA) is 52.0 Å². The maximum atomic E-state index is 12.5. The van der Waals surface area contributed by atoms with E-state index in [0.717, 1.165) is 12.1 Å².